The van der Waals surface area contributed by atoms with E-state index >= 15 is 0 Å². The monoisotopic (exact) mass is 391 g/mol. The Balaban J connectivity index is 1.40. The van der Waals surface area contributed by atoms with Crippen molar-refractivity contribution in [2.45, 2.75) is 38.1 Å². The lowest BCUT2D eigenvalue weighted by Crippen LogP contribution is -2.36. The Hall–Kier alpha value is -2.66. The van der Waals surface area contributed by atoms with Gasteiger partial charge in [0.2, 0.25) is 5.91 Å². The van der Waals surface area contributed by atoms with Gasteiger partial charge in [-0.15, -0.1) is 11.3 Å². The molecule has 1 aliphatic heterocycles. The molecule has 0 bridgehead atoms. The number of carbonyl (C=O) groups is 1. The summed E-state index contributed by atoms with van der Waals surface area (Å²) in [6, 6.07) is 18.5. The van der Waals surface area contributed by atoms with Gasteiger partial charge in [-0.05, 0) is 60.9 Å². The third-order valence-corrected chi connectivity index (χ3v) is 6.67. The molecule has 28 heavy (non-hydrogen) atoms. The Morgan fingerprint density at radius 3 is 2.79 bits per heavy atom. The lowest BCUT2D eigenvalue weighted by molar-refractivity contribution is -0.131. The normalized spacial score (nSPS) is 16.6. The van der Waals surface area contributed by atoms with Crippen LogP contribution in [0.4, 0.5) is 0 Å². The van der Waals surface area contributed by atoms with Crippen molar-refractivity contribution in [2.24, 2.45) is 5.73 Å². The fourth-order valence-electron chi connectivity index (χ4n) is 4.03. The smallest absolute Gasteiger partial charge is 0.227 e. The van der Waals surface area contributed by atoms with Gasteiger partial charge in [0.05, 0.1) is 6.42 Å². The summed E-state index contributed by atoms with van der Waals surface area (Å²) < 4.78 is 1.23. The topological polar surface area (TPSA) is 70.2 Å². The van der Waals surface area contributed by atoms with E-state index in [-0.39, 0.29) is 11.7 Å². The van der Waals surface area contributed by atoms with Gasteiger partial charge in [-0.2, -0.15) is 0 Å². The van der Waals surface area contributed by atoms with Crippen molar-refractivity contribution in [1.82, 2.24) is 4.90 Å². The third-order valence-electron chi connectivity index (χ3n) is 5.50. The van der Waals surface area contributed by atoms with Crippen LogP contribution < -0.4 is 5.73 Å². The van der Waals surface area contributed by atoms with E-state index < -0.39 is 0 Å². The maximum absolute atomic E-state index is 12.8. The molecule has 1 fully saturated rings. The maximum Gasteiger partial charge on any atom is 0.227 e. The molecule has 0 aliphatic carbocycles. The Kier molecular flexibility index (Phi) is 5.44. The minimum absolute atomic E-state index is 0.105. The van der Waals surface area contributed by atoms with Gasteiger partial charge in [0.25, 0.3) is 0 Å². The number of thiophene rings is 1. The number of amides is 1. The molecule has 4 nitrogen and oxygen atoms in total. The van der Waals surface area contributed by atoms with Crippen LogP contribution in [0.5, 0.6) is 0 Å². The van der Waals surface area contributed by atoms with Crippen LogP contribution in [0, 0.1) is 5.41 Å². The van der Waals surface area contributed by atoms with Crippen LogP contribution in [0.15, 0.2) is 54.6 Å². The molecule has 5 heteroatoms. The molecule has 1 saturated heterocycles. The predicted octanol–water partition coefficient (Wildman–Crippen LogP) is 4.35. The summed E-state index contributed by atoms with van der Waals surface area (Å²) in [5.74, 6) is 0.351. The van der Waals surface area contributed by atoms with Crippen LogP contribution >= 0.6 is 11.3 Å². The Morgan fingerprint density at radius 1 is 1.18 bits per heavy atom. The van der Waals surface area contributed by atoms with Crippen molar-refractivity contribution in [2.75, 3.05) is 6.54 Å². The molecule has 3 N–H and O–H groups in total. The number of benzene rings is 2. The van der Waals surface area contributed by atoms with E-state index in [9.17, 15) is 4.79 Å². The minimum Gasteiger partial charge on any atom is -0.384 e. The van der Waals surface area contributed by atoms with Crippen molar-refractivity contribution in [3.05, 3.63) is 70.6 Å². The van der Waals surface area contributed by atoms with Crippen molar-refractivity contribution >= 4 is 33.2 Å². The van der Waals surface area contributed by atoms with Gasteiger partial charge in [-0.3, -0.25) is 10.2 Å². The molecule has 4 rings (SSSR count). The number of amidine groups is 1. The van der Waals surface area contributed by atoms with Crippen LogP contribution in [0.25, 0.3) is 10.1 Å². The van der Waals surface area contributed by atoms with E-state index in [2.05, 4.69) is 11.0 Å². The van der Waals surface area contributed by atoms with Gasteiger partial charge in [-0.25, -0.2) is 0 Å². The highest BCUT2D eigenvalue weighted by atomic mass is 32.1. The highest BCUT2D eigenvalue weighted by Crippen LogP contribution is 2.29. The van der Waals surface area contributed by atoms with E-state index in [4.69, 9.17) is 11.1 Å². The number of rotatable bonds is 6. The largest absolute Gasteiger partial charge is 0.384 e. The molecule has 1 aromatic heterocycles. The van der Waals surface area contributed by atoms with Gasteiger partial charge >= 0.3 is 0 Å². The van der Waals surface area contributed by atoms with E-state index in [1.807, 2.05) is 48.5 Å². The van der Waals surface area contributed by atoms with Gasteiger partial charge in [0, 0.05) is 27.7 Å². The number of nitrogens with zero attached hydrogens (tertiary/aromatic N) is 1. The van der Waals surface area contributed by atoms with E-state index in [0.717, 1.165) is 48.7 Å². The number of carbonyl (C=O) groups excluding carboxylic acids is 1. The number of aryl methyl sites for hydroxylation is 1. The Labute approximate surface area is 169 Å². The average molecular weight is 392 g/mol. The van der Waals surface area contributed by atoms with Crippen molar-refractivity contribution in [3.63, 3.8) is 0 Å². The van der Waals surface area contributed by atoms with Gasteiger partial charge in [0.1, 0.15) is 5.84 Å². The minimum atomic E-state index is 0.105. The molecule has 0 spiro atoms. The molecule has 0 saturated carbocycles. The second-order valence-electron chi connectivity index (χ2n) is 7.46. The molecule has 0 radical (unpaired) electrons. The van der Waals surface area contributed by atoms with E-state index in [0.29, 0.717) is 12.5 Å². The van der Waals surface area contributed by atoms with Crippen LogP contribution in [0.3, 0.4) is 0 Å². The van der Waals surface area contributed by atoms with Gasteiger partial charge < -0.3 is 10.6 Å². The maximum atomic E-state index is 12.8. The summed E-state index contributed by atoms with van der Waals surface area (Å²) in [6.07, 6.45) is 4.68. The number of nitrogens with one attached hydrogen (secondary N) is 1. The third kappa shape index (κ3) is 4.09. The van der Waals surface area contributed by atoms with Crippen LogP contribution in [0.1, 0.15) is 35.3 Å². The highest BCUT2D eigenvalue weighted by Gasteiger charge is 2.28. The molecule has 2 heterocycles. The zero-order valence-corrected chi connectivity index (χ0v) is 16.7. The van der Waals surface area contributed by atoms with Crippen molar-refractivity contribution in [3.8, 4) is 0 Å². The zero-order valence-electron chi connectivity index (χ0n) is 15.9. The molecule has 1 amide bonds. The first-order chi connectivity index (χ1) is 13.6. The standard InChI is InChI=1S/C23H25N3OS/c24-23(25)17-8-11-21-18(14-17)15-20(28-21)10-9-19-7-4-12-26(19)22(27)13-16-5-2-1-3-6-16/h1-3,5-6,8,11,14-15,19H,4,7,9-10,12-13H2,(H3,24,25). The molecule has 3 aromatic rings. The molecule has 1 atom stereocenters. The Morgan fingerprint density at radius 2 is 2.00 bits per heavy atom. The summed E-state index contributed by atoms with van der Waals surface area (Å²) in [7, 11) is 0. The van der Waals surface area contributed by atoms with Crippen LogP contribution in [0.2, 0.25) is 0 Å². The molecular formula is C23H25N3OS. The molecule has 1 aliphatic rings. The number of nitrogens with two attached hydrogens (primary N) is 1. The van der Waals surface area contributed by atoms with Gasteiger partial charge in [-0.1, -0.05) is 30.3 Å². The second-order valence-corrected chi connectivity index (χ2v) is 8.63. The fourth-order valence-corrected chi connectivity index (χ4v) is 5.09. The predicted molar refractivity (Wildman–Crippen MR) is 116 cm³/mol. The number of hydrogen-bond acceptors (Lipinski definition) is 3. The van der Waals surface area contributed by atoms with E-state index in [1.54, 1.807) is 11.3 Å². The molecule has 1 unspecified atom stereocenters. The SMILES string of the molecule is N=C(N)c1ccc2sc(CCC3CCCN3C(=O)Cc3ccccc3)cc2c1. The molecule has 144 valence electrons. The second kappa shape index (κ2) is 8.15. The van der Waals surface area contributed by atoms with Crippen molar-refractivity contribution in [1.29, 1.82) is 5.41 Å². The first-order valence-electron chi connectivity index (χ1n) is 9.80. The molecule has 2 aromatic carbocycles. The lowest BCUT2D eigenvalue weighted by atomic mass is 10.1. The molecular weight excluding hydrogens is 366 g/mol. The highest BCUT2D eigenvalue weighted by molar-refractivity contribution is 7.19. The summed E-state index contributed by atoms with van der Waals surface area (Å²) in [5, 5.41) is 8.75. The average Bonchev–Trinajstić information content (AvgIpc) is 3.32. The number of fused-ring (bicyclic) bond motifs is 1. The summed E-state index contributed by atoms with van der Waals surface area (Å²) in [6.45, 7) is 0.880. The number of nitrogen functional groups attached to an aromatic ring is 1. The lowest BCUT2D eigenvalue weighted by Gasteiger charge is -2.24. The summed E-state index contributed by atoms with van der Waals surface area (Å²) >= 11 is 1.80. The quantitative estimate of drug-likeness (QED) is 0.484. The van der Waals surface area contributed by atoms with Crippen LogP contribution in [-0.4, -0.2) is 29.2 Å². The summed E-state index contributed by atoms with van der Waals surface area (Å²) in [5.41, 5.74) is 7.46. The van der Waals surface area contributed by atoms with E-state index in [1.165, 1.54) is 9.58 Å². The first kappa shape index (κ1) is 18.7. The van der Waals surface area contributed by atoms with Crippen molar-refractivity contribution < 1.29 is 4.79 Å². The fraction of sp³-hybridized carbons (Fsp3) is 0.304. The zero-order chi connectivity index (χ0) is 19.5. The Bertz CT molecular complexity index is 996. The number of hydrogen-bond donors (Lipinski definition) is 2. The number of likely N-dealkylation sites (tertiary alicyclic amines) is 1. The van der Waals surface area contributed by atoms with Gasteiger partial charge in [0.15, 0.2) is 0 Å². The summed E-state index contributed by atoms with van der Waals surface area (Å²) in [4.78, 5) is 16.2. The van der Waals surface area contributed by atoms with Crippen LogP contribution in [-0.2, 0) is 17.6 Å². The first-order valence-corrected chi connectivity index (χ1v) is 10.6.